The van der Waals surface area contributed by atoms with E-state index in [0.29, 0.717) is 17.9 Å². The van der Waals surface area contributed by atoms with Gasteiger partial charge in [0.2, 0.25) is 11.9 Å². The van der Waals surface area contributed by atoms with E-state index in [1.54, 1.807) is 0 Å². The normalized spacial score (nSPS) is 10.8. The maximum absolute atomic E-state index is 5.65. The van der Waals surface area contributed by atoms with Gasteiger partial charge in [-0.15, -0.1) is 0 Å². The third-order valence-electron chi connectivity index (χ3n) is 2.75. The van der Waals surface area contributed by atoms with Crippen molar-refractivity contribution in [2.24, 2.45) is 0 Å². The van der Waals surface area contributed by atoms with Gasteiger partial charge in [0.05, 0.1) is 6.10 Å². The van der Waals surface area contributed by atoms with Crippen LogP contribution in [0.15, 0.2) is 0 Å². The monoisotopic (exact) mass is 295 g/mol. The molecular weight excluding hydrogens is 266 g/mol. The fraction of sp³-hybridized carbons (Fsp3) is 0.800. The van der Waals surface area contributed by atoms with Crippen LogP contribution in [-0.2, 0) is 0 Å². The molecule has 1 aromatic heterocycles. The summed E-state index contributed by atoms with van der Waals surface area (Å²) in [4.78, 5) is 15.5. The van der Waals surface area contributed by atoms with Crippen LogP contribution < -0.4 is 15.0 Å². The van der Waals surface area contributed by atoms with E-state index in [9.17, 15) is 0 Å². The summed E-state index contributed by atoms with van der Waals surface area (Å²) >= 11 is 0. The van der Waals surface area contributed by atoms with Crippen molar-refractivity contribution in [3.8, 4) is 6.01 Å². The van der Waals surface area contributed by atoms with Gasteiger partial charge in [-0.1, -0.05) is 20.8 Å². The molecule has 0 unspecified atom stereocenters. The van der Waals surface area contributed by atoms with Gasteiger partial charge >= 0.3 is 6.01 Å². The quantitative estimate of drug-likeness (QED) is 0.715. The lowest BCUT2D eigenvalue weighted by atomic mass is 10.4. The predicted octanol–water partition coefficient (Wildman–Crippen LogP) is 3.11. The highest BCUT2D eigenvalue weighted by Gasteiger charge is 2.14. The van der Waals surface area contributed by atoms with E-state index >= 15 is 0 Å². The van der Waals surface area contributed by atoms with E-state index in [4.69, 9.17) is 4.74 Å². The van der Waals surface area contributed by atoms with Gasteiger partial charge < -0.3 is 15.0 Å². The molecule has 0 aliphatic heterocycles. The second-order valence-corrected chi connectivity index (χ2v) is 5.32. The van der Waals surface area contributed by atoms with Crippen molar-refractivity contribution in [2.75, 3.05) is 29.9 Å². The fourth-order valence-corrected chi connectivity index (χ4v) is 1.92. The highest BCUT2D eigenvalue weighted by Crippen LogP contribution is 2.16. The van der Waals surface area contributed by atoms with E-state index in [1.807, 2.05) is 13.8 Å². The number of nitrogens with one attached hydrogen (secondary N) is 1. The minimum atomic E-state index is 0.0464. The fourth-order valence-electron chi connectivity index (χ4n) is 1.92. The molecule has 1 heterocycles. The Kier molecular flexibility index (Phi) is 7.79. The van der Waals surface area contributed by atoms with Gasteiger partial charge in [0.1, 0.15) is 0 Å². The number of ether oxygens (including phenoxy) is 1. The molecule has 120 valence electrons. The molecule has 1 aromatic rings. The second kappa shape index (κ2) is 9.37. The van der Waals surface area contributed by atoms with Crippen molar-refractivity contribution in [3.05, 3.63) is 0 Å². The molecule has 0 radical (unpaired) electrons. The molecule has 21 heavy (non-hydrogen) atoms. The first kappa shape index (κ1) is 17.5. The Bertz CT molecular complexity index is 405. The van der Waals surface area contributed by atoms with Crippen LogP contribution in [0.1, 0.15) is 53.9 Å². The van der Waals surface area contributed by atoms with E-state index in [0.717, 1.165) is 38.9 Å². The Hall–Kier alpha value is -1.59. The van der Waals surface area contributed by atoms with Crippen molar-refractivity contribution in [2.45, 2.75) is 60.0 Å². The molecule has 0 saturated carbocycles. The highest BCUT2D eigenvalue weighted by molar-refractivity contribution is 5.38. The van der Waals surface area contributed by atoms with E-state index in [-0.39, 0.29) is 6.10 Å². The Morgan fingerprint density at radius 2 is 1.67 bits per heavy atom. The molecule has 0 aromatic carbocycles. The minimum absolute atomic E-state index is 0.0464. The summed E-state index contributed by atoms with van der Waals surface area (Å²) in [5.41, 5.74) is 0. The molecule has 1 rings (SSSR count). The number of rotatable bonds is 10. The molecule has 0 aliphatic carbocycles. The summed E-state index contributed by atoms with van der Waals surface area (Å²) < 4.78 is 5.65. The molecule has 0 fully saturated rings. The van der Waals surface area contributed by atoms with Crippen molar-refractivity contribution < 1.29 is 4.74 Å². The van der Waals surface area contributed by atoms with Crippen LogP contribution in [0.25, 0.3) is 0 Å². The van der Waals surface area contributed by atoms with Crippen molar-refractivity contribution in [1.82, 2.24) is 15.0 Å². The number of hydrogen-bond acceptors (Lipinski definition) is 6. The number of hydrogen-bond donors (Lipinski definition) is 1. The van der Waals surface area contributed by atoms with Gasteiger partial charge in [-0.3, -0.25) is 0 Å². The van der Waals surface area contributed by atoms with Gasteiger partial charge in [0, 0.05) is 19.6 Å². The average Bonchev–Trinajstić information content (AvgIpc) is 2.44. The van der Waals surface area contributed by atoms with Crippen molar-refractivity contribution in [3.63, 3.8) is 0 Å². The zero-order valence-corrected chi connectivity index (χ0v) is 14.0. The second-order valence-electron chi connectivity index (χ2n) is 5.32. The molecule has 0 spiro atoms. The maximum Gasteiger partial charge on any atom is 0.323 e. The lowest BCUT2D eigenvalue weighted by molar-refractivity contribution is 0.222. The Morgan fingerprint density at radius 3 is 2.19 bits per heavy atom. The summed E-state index contributed by atoms with van der Waals surface area (Å²) in [6.07, 6.45) is 3.19. The average molecular weight is 295 g/mol. The largest absolute Gasteiger partial charge is 0.461 e. The standard InChI is InChI=1S/C15H29N5O/c1-6-9-16-13-17-14(20(10-7-2)11-8-3)19-15(18-13)21-12(4)5/h12H,6-11H2,1-5H3,(H,16,17,18,19). The van der Waals surface area contributed by atoms with Crippen LogP contribution in [0.4, 0.5) is 11.9 Å². The smallest absolute Gasteiger partial charge is 0.323 e. The molecule has 1 N–H and O–H groups in total. The van der Waals surface area contributed by atoms with Crippen LogP contribution in [0.5, 0.6) is 6.01 Å². The van der Waals surface area contributed by atoms with Gasteiger partial charge in [0.15, 0.2) is 0 Å². The molecule has 0 bridgehead atoms. The van der Waals surface area contributed by atoms with Crippen LogP contribution in [0.3, 0.4) is 0 Å². The zero-order valence-electron chi connectivity index (χ0n) is 14.0. The van der Waals surface area contributed by atoms with E-state index in [1.165, 1.54) is 0 Å². The molecule has 0 atom stereocenters. The lowest BCUT2D eigenvalue weighted by Crippen LogP contribution is -2.28. The minimum Gasteiger partial charge on any atom is -0.461 e. The summed E-state index contributed by atoms with van der Waals surface area (Å²) in [5.74, 6) is 1.29. The third-order valence-corrected chi connectivity index (χ3v) is 2.75. The third kappa shape index (κ3) is 6.14. The van der Waals surface area contributed by atoms with Crippen LogP contribution >= 0.6 is 0 Å². The van der Waals surface area contributed by atoms with Crippen LogP contribution in [0, 0.1) is 0 Å². The van der Waals surface area contributed by atoms with Gasteiger partial charge in [-0.2, -0.15) is 15.0 Å². The summed E-state index contributed by atoms with van der Waals surface area (Å²) in [7, 11) is 0. The summed E-state index contributed by atoms with van der Waals surface area (Å²) in [6.45, 7) is 13.1. The molecule has 6 nitrogen and oxygen atoms in total. The number of anilines is 2. The summed E-state index contributed by atoms with van der Waals surface area (Å²) in [6, 6.07) is 0.394. The van der Waals surface area contributed by atoms with E-state index in [2.05, 4.69) is 45.9 Å². The van der Waals surface area contributed by atoms with Gasteiger partial charge in [0.25, 0.3) is 0 Å². The predicted molar refractivity (Wildman–Crippen MR) is 87.2 cm³/mol. The maximum atomic E-state index is 5.65. The van der Waals surface area contributed by atoms with Gasteiger partial charge in [-0.05, 0) is 33.1 Å². The lowest BCUT2D eigenvalue weighted by Gasteiger charge is -2.22. The first-order valence-corrected chi connectivity index (χ1v) is 8.02. The first-order valence-electron chi connectivity index (χ1n) is 8.02. The molecule has 0 aliphatic rings. The number of aromatic nitrogens is 3. The topological polar surface area (TPSA) is 63.2 Å². The van der Waals surface area contributed by atoms with Crippen molar-refractivity contribution >= 4 is 11.9 Å². The van der Waals surface area contributed by atoms with Gasteiger partial charge in [-0.25, -0.2) is 0 Å². The molecule has 0 saturated heterocycles. The van der Waals surface area contributed by atoms with Crippen molar-refractivity contribution in [1.29, 1.82) is 0 Å². The molecule has 0 amide bonds. The SMILES string of the molecule is CCCNc1nc(OC(C)C)nc(N(CCC)CCC)n1. The summed E-state index contributed by atoms with van der Waals surface area (Å²) in [5, 5.41) is 3.22. The molecule has 6 heteroatoms. The van der Waals surface area contributed by atoms with E-state index < -0.39 is 0 Å². The highest BCUT2D eigenvalue weighted by atomic mass is 16.5. The van der Waals surface area contributed by atoms with Crippen LogP contribution in [0.2, 0.25) is 0 Å². The number of nitrogens with zero attached hydrogens (tertiary/aromatic N) is 4. The Labute approximate surface area is 128 Å². The Morgan fingerprint density at radius 1 is 1.00 bits per heavy atom. The zero-order chi connectivity index (χ0) is 15.7. The molecular formula is C15H29N5O. The Balaban J connectivity index is 3.02. The first-order chi connectivity index (χ1) is 10.1. The van der Waals surface area contributed by atoms with Crippen LogP contribution in [-0.4, -0.2) is 40.7 Å².